The Kier molecular flexibility index (Phi) is 5.22. The van der Waals surface area contributed by atoms with E-state index in [0.717, 1.165) is 24.8 Å². The molecule has 1 heterocycles. The number of rotatable bonds is 6. The van der Waals surface area contributed by atoms with Gasteiger partial charge in [-0.1, -0.05) is 6.92 Å². The van der Waals surface area contributed by atoms with E-state index in [-0.39, 0.29) is 6.61 Å². The highest BCUT2D eigenvalue weighted by Crippen LogP contribution is 2.24. The molecule has 104 valence electrons. The minimum atomic E-state index is -4.34. The summed E-state index contributed by atoms with van der Waals surface area (Å²) in [6.45, 7) is 6.00. The van der Waals surface area contributed by atoms with Crippen molar-refractivity contribution in [2.24, 2.45) is 0 Å². The molecule has 3 nitrogen and oxygen atoms in total. The molecule has 1 atom stereocenters. The van der Waals surface area contributed by atoms with Crippen molar-refractivity contribution in [3.05, 3.63) is 23.2 Å². The maximum Gasteiger partial charge on any atom is 0.414 e. The Labute approximate surface area is 104 Å². The van der Waals surface area contributed by atoms with Crippen molar-refractivity contribution in [1.82, 2.24) is 5.32 Å². The zero-order valence-electron chi connectivity index (χ0n) is 10.7. The number of ether oxygens (including phenoxy) is 1. The topological polar surface area (TPSA) is 34.4 Å². The van der Waals surface area contributed by atoms with Crippen LogP contribution in [-0.2, 0) is 17.9 Å². The summed E-state index contributed by atoms with van der Waals surface area (Å²) in [6, 6.07) is 1.70. The lowest BCUT2D eigenvalue weighted by Crippen LogP contribution is -2.28. The highest BCUT2D eigenvalue weighted by Gasteiger charge is 2.37. The first-order valence-electron chi connectivity index (χ1n) is 5.81. The van der Waals surface area contributed by atoms with E-state index >= 15 is 0 Å². The second-order valence-electron chi connectivity index (χ2n) is 4.09. The Morgan fingerprint density at radius 2 is 2.11 bits per heavy atom. The van der Waals surface area contributed by atoms with Crippen molar-refractivity contribution in [3.63, 3.8) is 0 Å². The quantitative estimate of drug-likeness (QED) is 0.858. The molecule has 0 amide bonds. The fraction of sp³-hybridized carbons (Fsp3) is 0.667. The summed E-state index contributed by atoms with van der Waals surface area (Å²) < 4.78 is 46.9. The largest absolute Gasteiger partial charge is 0.462 e. The molecule has 6 heteroatoms. The molecule has 1 unspecified atom stereocenters. The van der Waals surface area contributed by atoms with Crippen LogP contribution in [0, 0.1) is 6.92 Å². The molecule has 1 rings (SSSR count). The molecule has 0 spiro atoms. The average molecular weight is 265 g/mol. The van der Waals surface area contributed by atoms with E-state index in [4.69, 9.17) is 9.15 Å². The number of alkyl halides is 3. The molecule has 0 aromatic carbocycles. The Morgan fingerprint density at radius 3 is 2.67 bits per heavy atom. The van der Waals surface area contributed by atoms with Gasteiger partial charge in [0.2, 0.25) is 0 Å². The SMILES string of the molecule is CCNCc1oc(COC(C)C(F)(F)F)cc1C. The van der Waals surface area contributed by atoms with Gasteiger partial charge in [0.15, 0.2) is 6.10 Å². The van der Waals surface area contributed by atoms with Crippen molar-refractivity contribution in [2.45, 2.75) is 46.2 Å². The lowest BCUT2D eigenvalue weighted by Gasteiger charge is -2.15. The number of halogens is 3. The monoisotopic (exact) mass is 265 g/mol. The zero-order chi connectivity index (χ0) is 13.8. The van der Waals surface area contributed by atoms with Crippen LogP contribution >= 0.6 is 0 Å². The molecular formula is C12H18F3NO2. The molecule has 0 fully saturated rings. The van der Waals surface area contributed by atoms with Gasteiger partial charge >= 0.3 is 6.18 Å². The fourth-order valence-corrected chi connectivity index (χ4v) is 1.38. The van der Waals surface area contributed by atoms with E-state index in [1.807, 2.05) is 13.8 Å². The molecule has 1 N–H and O–H groups in total. The van der Waals surface area contributed by atoms with Crippen molar-refractivity contribution >= 4 is 0 Å². The van der Waals surface area contributed by atoms with E-state index in [9.17, 15) is 13.2 Å². The first-order chi connectivity index (χ1) is 8.34. The summed E-state index contributed by atoms with van der Waals surface area (Å²) in [5.41, 5.74) is 0.911. The molecule has 0 saturated heterocycles. The minimum Gasteiger partial charge on any atom is -0.462 e. The Hall–Kier alpha value is -1.01. The molecule has 0 bridgehead atoms. The van der Waals surface area contributed by atoms with Crippen molar-refractivity contribution in [2.75, 3.05) is 6.54 Å². The molecule has 0 aliphatic carbocycles. The molecule has 0 radical (unpaired) electrons. The molecule has 0 saturated carbocycles. The highest BCUT2D eigenvalue weighted by molar-refractivity contribution is 5.19. The summed E-state index contributed by atoms with van der Waals surface area (Å²) in [7, 11) is 0. The van der Waals surface area contributed by atoms with Crippen LogP contribution in [0.4, 0.5) is 13.2 Å². The predicted molar refractivity (Wildman–Crippen MR) is 61.1 cm³/mol. The van der Waals surface area contributed by atoms with Gasteiger partial charge in [-0.15, -0.1) is 0 Å². The lowest BCUT2D eigenvalue weighted by molar-refractivity contribution is -0.218. The molecular weight excluding hydrogens is 247 g/mol. The Morgan fingerprint density at radius 1 is 1.44 bits per heavy atom. The number of aryl methyl sites for hydroxylation is 1. The standard InChI is InChI=1S/C12H18F3NO2/c1-4-16-6-11-8(2)5-10(18-11)7-17-9(3)12(13,14)15/h5,9,16H,4,6-7H2,1-3H3. The van der Waals surface area contributed by atoms with Crippen molar-refractivity contribution < 1.29 is 22.3 Å². The second kappa shape index (κ2) is 6.24. The first-order valence-corrected chi connectivity index (χ1v) is 5.81. The van der Waals surface area contributed by atoms with Crippen LogP contribution in [0.25, 0.3) is 0 Å². The van der Waals surface area contributed by atoms with E-state index in [1.165, 1.54) is 0 Å². The number of hydrogen-bond donors (Lipinski definition) is 1. The maximum atomic E-state index is 12.2. The average Bonchev–Trinajstić information content (AvgIpc) is 2.63. The van der Waals surface area contributed by atoms with Gasteiger partial charge in [0, 0.05) is 0 Å². The van der Waals surface area contributed by atoms with Gasteiger partial charge in [-0.05, 0) is 32.0 Å². The summed E-state index contributed by atoms with van der Waals surface area (Å²) in [6.07, 6.45) is -6.13. The van der Waals surface area contributed by atoms with Crippen LogP contribution in [0.15, 0.2) is 10.5 Å². The van der Waals surface area contributed by atoms with Crippen molar-refractivity contribution in [3.8, 4) is 0 Å². The summed E-state index contributed by atoms with van der Waals surface area (Å²) in [4.78, 5) is 0. The van der Waals surface area contributed by atoms with Gasteiger partial charge in [0.25, 0.3) is 0 Å². The van der Waals surface area contributed by atoms with E-state index in [2.05, 4.69) is 5.32 Å². The van der Waals surface area contributed by atoms with Gasteiger partial charge in [-0.2, -0.15) is 13.2 Å². The first kappa shape index (κ1) is 15.0. The van der Waals surface area contributed by atoms with Gasteiger partial charge in [-0.25, -0.2) is 0 Å². The molecule has 1 aromatic rings. The maximum absolute atomic E-state index is 12.2. The third-order valence-corrected chi connectivity index (χ3v) is 2.54. The van der Waals surface area contributed by atoms with Crippen LogP contribution in [0.2, 0.25) is 0 Å². The fourth-order valence-electron chi connectivity index (χ4n) is 1.38. The Balaban J connectivity index is 2.53. The summed E-state index contributed by atoms with van der Waals surface area (Å²) in [5.74, 6) is 1.15. The van der Waals surface area contributed by atoms with E-state index in [1.54, 1.807) is 6.07 Å². The molecule has 0 aliphatic heterocycles. The van der Waals surface area contributed by atoms with Crippen LogP contribution in [0.3, 0.4) is 0 Å². The van der Waals surface area contributed by atoms with Crippen LogP contribution in [0.5, 0.6) is 0 Å². The Bertz CT molecular complexity index is 374. The highest BCUT2D eigenvalue weighted by atomic mass is 19.4. The minimum absolute atomic E-state index is 0.173. The third kappa shape index (κ3) is 4.34. The van der Waals surface area contributed by atoms with Gasteiger partial charge < -0.3 is 14.5 Å². The molecule has 1 aromatic heterocycles. The normalized spacial score (nSPS) is 13.9. The van der Waals surface area contributed by atoms with Crippen molar-refractivity contribution in [1.29, 1.82) is 0 Å². The zero-order valence-corrected chi connectivity index (χ0v) is 10.7. The molecule has 18 heavy (non-hydrogen) atoms. The molecule has 0 aliphatic rings. The van der Waals surface area contributed by atoms with E-state index < -0.39 is 12.3 Å². The smallest absolute Gasteiger partial charge is 0.414 e. The summed E-state index contributed by atoms with van der Waals surface area (Å²) >= 11 is 0. The number of hydrogen-bond acceptors (Lipinski definition) is 3. The summed E-state index contributed by atoms with van der Waals surface area (Å²) in [5, 5.41) is 3.09. The van der Waals surface area contributed by atoms with Crippen LogP contribution < -0.4 is 5.32 Å². The number of furan rings is 1. The van der Waals surface area contributed by atoms with E-state index in [0.29, 0.717) is 12.3 Å². The third-order valence-electron chi connectivity index (χ3n) is 2.54. The van der Waals surface area contributed by atoms with Gasteiger partial charge in [0.1, 0.15) is 18.1 Å². The van der Waals surface area contributed by atoms with Crippen LogP contribution in [0.1, 0.15) is 30.9 Å². The van der Waals surface area contributed by atoms with Crippen LogP contribution in [-0.4, -0.2) is 18.8 Å². The van der Waals surface area contributed by atoms with Gasteiger partial charge in [0.05, 0.1) is 6.54 Å². The lowest BCUT2D eigenvalue weighted by atomic mass is 10.2. The number of nitrogens with one attached hydrogen (secondary N) is 1. The van der Waals surface area contributed by atoms with Gasteiger partial charge in [-0.3, -0.25) is 0 Å². The predicted octanol–water partition coefficient (Wildman–Crippen LogP) is 3.16. The second-order valence-corrected chi connectivity index (χ2v) is 4.09.